The molecule has 0 amide bonds. The van der Waals surface area contributed by atoms with Gasteiger partial charge in [0.05, 0.1) is 0 Å². The number of rotatable bonds is 5. The maximum absolute atomic E-state index is 3.83. The predicted octanol–water partition coefficient (Wildman–Crippen LogP) is 4.34. The van der Waals surface area contributed by atoms with E-state index in [1.165, 1.54) is 31.2 Å². The van der Waals surface area contributed by atoms with E-state index in [1.54, 1.807) is 11.3 Å². The van der Waals surface area contributed by atoms with Gasteiger partial charge >= 0.3 is 0 Å². The van der Waals surface area contributed by atoms with E-state index in [9.17, 15) is 0 Å². The molecule has 1 saturated carbocycles. The normalized spacial score (nSPS) is 28.8. The summed E-state index contributed by atoms with van der Waals surface area (Å²) in [5.74, 6) is 2.60. The maximum Gasteiger partial charge on any atom is 0.0100 e. The predicted molar refractivity (Wildman–Crippen MR) is 81.2 cm³/mol. The molecule has 3 atom stereocenters. The summed E-state index contributed by atoms with van der Waals surface area (Å²) in [6, 6.07) is 2.99. The van der Waals surface area contributed by atoms with E-state index < -0.39 is 0 Å². The molecule has 2 rings (SSSR count). The molecule has 0 aliphatic heterocycles. The van der Waals surface area contributed by atoms with E-state index in [0.29, 0.717) is 0 Å². The van der Waals surface area contributed by atoms with Gasteiger partial charge in [-0.05, 0) is 66.0 Å². The SMILES string of the molecule is CC1CCC(C(C)C)C(NCCc2ccsc2)C1. The van der Waals surface area contributed by atoms with E-state index in [1.807, 2.05) is 0 Å². The Labute approximate surface area is 116 Å². The van der Waals surface area contributed by atoms with E-state index in [2.05, 4.69) is 42.9 Å². The Kier molecular flexibility index (Phi) is 5.25. The van der Waals surface area contributed by atoms with Crippen molar-refractivity contribution in [1.82, 2.24) is 5.32 Å². The third kappa shape index (κ3) is 3.83. The van der Waals surface area contributed by atoms with E-state index in [4.69, 9.17) is 0 Å². The average Bonchev–Trinajstić information content (AvgIpc) is 2.82. The minimum atomic E-state index is 0.743. The van der Waals surface area contributed by atoms with Gasteiger partial charge in [-0.25, -0.2) is 0 Å². The Balaban J connectivity index is 1.81. The molecule has 102 valence electrons. The van der Waals surface area contributed by atoms with Crippen molar-refractivity contribution in [2.45, 2.75) is 52.5 Å². The van der Waals surface area contributed by atoms with Crippen LogP contribution in [0.25, 0.3) is 0 Å². The minimum Gasteiger partial charge on any atom is -0.313 e. The third-order valence-electron chi connectivity index (χ3n) is 4.42. The van der Waals surface area contributed by atoms with Gasteiger partial charge in [0.15, 0.2) is 0 Å². The van der Waals surface area contributed by atoms with Gasteiger partial charge in [0, 0.05) is 6.04 Å². The van der Waals surface area contributed by atoms with Gasteiger partial charge in [-0.15, -0.1) is 0 Å². The van der Waals surface area contributed by atoms with Gasteiger partial charge < -0.3 is 5.32 Å². The zero-order valence-electron chi connectivity index (χ0n) is 12.0. The van der Waals surface area contributed by atoms with Crippen LogP contribution in [0.1, 0.15) is 45.6 Å². The van der Waals surface area contributed by atoms with Gasteiger partial charge in [-0.2, -0.15) is 11.3 Å². The zero-order valence-corrected chi connectivity index (χ0v) is 12.8. The smallest absolute Gasteiger partial charge is 0.0100 e. The highest BCUT2D eigenvalue weighted by Crippen LogP contribution is 2.33. The van der Waals surface area contributed by atoms with Gasteiger partial charge in [-0.3, -0.25) is 0 Å². The summed E-state index contributed by atoms with van der Waals surface area (Å²) in [5.41, 5.74) is 1.48. The second-order valence-electron chi connectivity index (χ2n) is 6.27. The van der Waals surface area contributed by atoms with Crippen molar-refractivity contribution in [3.63, 3.8) is 0 Å². The van der Waals surface area contributed by atoms with Crippen LogP contribution in [0.2, 0.25) is 0 Å². The van der Waals surface area contributed by atoms with E-state index >= 15 is 0 Å². The molecule has 1 fully saturated rings. The van der Waals surface area contributed by atoms with Gasteiger partial charge in [0.1, 0.15) is 0 Å². The van der Waals surface area contributed by atoms with Crippen LogP contribution in [-0.4, -0.2) is 12.6 Å². The molecule has 0 aromatic carbocycles. The lowest BCUT2D eigenvalue weighted by Gasteiger charge is -2.38. The van der Waals surface area contributed by atoms with Crippen molar-refractivity contribution >= 4 is 11.3 Å². The largest absolute Gasteiger partial charge is 0.313 e. The molecule has 1 aliphatic carbocycles. The first-order valence-corrected chi connectivity index (χ1v) is 8.35. The first kappa shape index (κ1) is 14.1. The summed E-state index contributed by atoms with van der Waals surface area (Å²) in [5, 5.41) is 8.27. The topological polar surface area (TPSA) is 12.0 Å². The Bertz CT molecular complexity index is 331. The third-order valence-corrected chi connectivity index (χ3v) is 5.15. The van der Waals surface area contributed by atoms with Crippen molar-refractivity contribution in [2.24, 2.45) is 17.8 Å². The molecule has 1 aromatic heterocycles. The number of thiophene rings is 1. The van der Waals surface area contributed by atoms with Gasteiger partial charge in [-0.1, -0.05) is 27.2 Å². The summed E-state index contributed by atoms with van der Waals surface area (Å²) in [4.78, 5) is 0. The molecule has 0 spiro atoms. The van der Waals surface area contributed by atoms with Crippen LogP contribution < -0.4 is 5.32 Å². The molecule has 0 saturated heterocycles. The van der Waals surface area contributed by atoms with Crippen molar-refractivity contribution in [1.29, 1.82) is 0 Å². The number of hydrogen-bond acceptors (Lipinski definition) is 2. The van der Waals surface area contributed by atoms with Crippen LogP contribution in [0.3, 0.4) is 0 Å². The van der Waals surface area contributed by atoms with Crippen LogP contribution in [-0.2, 0) is 6.42 Å². The molecule has 2 heteroatoms. The summed E-state index contributed by atoms with van der Waals surface area (Å²) >= 11 is 1.80. The van der Waals surface area contributed by atoms with Crippen LogP contribution in [0.5, 0.6) is 0 Å². The van der Waals surface area contributed by atoms with Crippen LogP contribution >= 0.6 is 11.3 Å². The summed E-state index contributed by atoms with van der Waals surface area (Å²) < 4.78 is 0. The second kappa shape index (κ2) is 6.72. The van der Waals surface area contributed by atoms with Crippen molar-refractivity contribution in [3.05, 3.63) is 22.4 Å². The molecule has 1 heterocycles. The molecule has 18 heavy (non-hydrogen) atoms. The van der Waals surface area contributed by atoms with E-state index in [0.717, 1.165) is 30.3 Å². The Hall–Kier alpha value is -0.340. The highest BCUT2D eigenvalue weighted by molar-refractivity contribution is 7.07. The molecular formula is C16H27NS. The molecule has 3 unspecified atom stereocenters. The van der Waals surface area contributed by atoms with Gasteiger partial charge in [0.25, 0.3) is 0 Å². The molecule has 1 aromatic rings. The molecular weight excluding hydrogens is 238 g/mol. The quantitative estimate of drug-likeness (QED) is 0.835. The van der Waals surface area contributed by atoms with Crippen LogP contribution in [0.4, 0.5) is 0 Å². The fourth-order valence-corrected chi connectivity index (χ4v) is 3.98. The Morgan fingerprint density at radius 1 is 1.39 bits per heavy atom. The van der Waals surface area contributed by atoms with Crippen LogP contribution in [0, 0.1) is 17.8 Å². The number of nitrogens with one attached hydrogen (secondary N) is 1. The first-order valence-electron chi connectivity index (χ1n) is 7.41. The average molecular weight is 265 g/mol. The standard InChI is InChI=1S/C16H27NS/c1-12(2)15-5-4-13(3)10-16(15)17-8-6-14-7-9-18-11-14/h7,9,11-13,15-17H,4-6,8,10H2,1-3H3. The summed E-state index contributed by atoms with van der Waals surface area (Å²) in [7, 11) is 0. The summed E-state index contributed by atoms with van der Waals surface area (Å²) in [6.45, 7) is 8.31. The van der Waals surface area contributed by atoms with Gasteiger partial charge in [0.2, 0.25) is 0 Å². The molecule has 1 N–H and O–H groups in total. The lowest BCUT2D eigenvalue weighted by molar-refractivity contribution is 0.171. The first-order chi connectivity index (χ1) is 8.66. The highest BCUT2D eigenvalue weighted by atomic mass is 32.1. The van der Waals surface area contributed by atoms with Crippen molar-refractivity contribution < 1.29 is 0 Å². The maximum atomic E-state index is 3.83. The number of hydrogen-bond donors (Lipinski definition) is 1. The minimum absolute atomic E-state index is 0.743. The fraction of sp³-hybridized carbons (Fsp3) is 0.750. The van der Waals surface area contributed by atoms with Crippen molar-refractivity contribution in [2.75, 3.05) is 6.54 Å². The van der Waals surface area contributed by atoms with Crippen LogP contribution in [0.15, 0.2) is 16.8 Å². The molecule has 0 radical (unpaired) electrons. The van der Waals surface area contributed by atoms with E-state index in [-0.39, 0.29) is 0 Å². The Morgan fingerprint density at radius 3 is 2.89 bits per heavy atom. The molecule has 1 nitrogen and oxygen atoms in total. The summed E-state index contributed by atoms with van der Waals surface area (Å²) in [6.07, 6.45) is 5.38. The lowest BCUT2D eigenvalue weighted by Crippen LogP contribution is -2.43. The monoisotopic (exact) mass is 265 g/mol. The fourth-order valence-electron chi connectivity index (χ4n) is 3.27. The second-order valence-corrected chi connectivity index (χ2v) is 7.05. The molecule has 0 bridgehead atoms. The Morgan fingerprint density at radius 2 is 2.22 bits per heavy atom. The zero-order chi connectivity index (χ0) is 13.0. The lowest BCUT2D eigenvalue weighted by atomic mass is 9.74. The molecule has 1 aliphatic rings. The van der Waals surface area contributed by atoms with Crippen molar-refractivity contribution in [3.8, 4) is 0 Å². The highest BCUT2D eigenvalue weighted by Gasteiger charge is 2.29.